The molecule has 1 aliphatic heterocycles. The molecule has 1 aromatic rings. The van der Waals surface area contributed by atoms with Gasteiger partial charge in [-0.25, -0.2) is 12.8 Å². The van der Waals surface area contributed by atoms with Crippen molar-refractivity contribution in [2.45, 2.75) is 38.6 Å². The minimum Gasteiger partial charge on any atom is -0.357 e. The summed E-state index contributed by atoms with van der Waals surface area (Å²) in [7, 11) is -2.94. The van der Waals surface area contributed by atoms with E-state index < -0.39 is 15.3 Å². The molecule has 0 bridgehead atoms. The highest BCUT2D eigenvalue weighted by Gasteiger charge is 2.29. The first-order chi connectivity index (χ1) is 11.2. The first-order valence-electron chi connectivity index (χ1n) is 8.24. The van der Waals surface area contributed by atoms with Crippen molar-refractivity contribution in [3.63, 3.8) is 0 Å². The molecule has 2 rings (SSSR count). The molecule has 1 atom stereocenters. The van der Waals surface area contributed by atoms with Crippen molar-refractivity contribution < 1.29 is 12.8 Å². The highest BCUT2D eigenvalue weighted by atomic mass is 32.2. The van der Waals surface area contributed by atoms with Crippen molar-refractivity contribution in [3.05, 3.63) is 35.6 Å². The molecule has 0 spiro atoms. The van der Waals surface area contributed by atoms with E-state index >= 15 is 0 Å². The predicted molar refractivity (Wildman–Crippen MR) is 95.6 cm³/mol. The molecule has 7 heteroatoms. The zero-order valence-electron chi connectivity index (χ0n) is 14.5. The van der Waals surface area contributed by atoms with Crippen molar-refractivity contribution >= 4 is 15.8 Å². The summed E-state index contributed by atoms with van der Waals surface area (Å²) in [5, 5.41) is 6.30. The summed E-state index contributed by atoms with van der Waals surface area (Å²) < 4.78 is 37.2. The van der Waals surface area contributed by atoms with E-state index in [0.717, 1.165) is 0 Å². The van der Waals surface area contributed by atoms with Crippen LogP contribution in [0, 0.1) is 5.82 Å². The average Bonchev–Trinajstić information content (AvgIpc) is 2.84. The third kappa shape index (κ3) is 4.93. The molecule has 1 aromatic carbocycles. The van der Waals surface area contributed by atoms with E-state index in [1.807, 2.05) is 26.8 Å². The highest BCUT2D eigenvalue weighted by molar-refractivity contribution is 7.91. The fraction of sp³-hybridized carbons (Fsp3) is 0.588. The van der Waals surface area contributed by atoms with Gasteiger partial charge in [-0.2, -0.15) is 0 Å². The maximum absolute atomic E-state index is 14.0. The van der Waals surface area contributed by atoms with Gasteiger partial charge in [0.25, 0.3) is 0 Å². The van der Waals surface area contributed by atoms with Crippen LogP contribution < -0.4 is 10.6 Å². The van der Waals surface area contributed by atoms with Crippen LogP contribution in [0.3, 0.4) is 0 Å². The summed E-state index contributed by atoms with van der Waals surface area (Å²) in [6.45, 7) is 6.90. The average molecular weight is 355 g/mol. The van der Waals surface area contributed by atoms with E-state index in [0.29, 0.717) is 31.0 Å². The summed E-state index contributed by atoms with van der Waals surface area (Å²) in [5.74, 6) is 0.681. The van der Waals surface area contributed by atoms with Crippen LogP contribution in [-0.4, -0.2) is 45.0 Å². The van der Waals surface area contributed by atoms with Crippen LogP contribution in [0.2, 0.25) is 0 Å². The topological polar surface area (TPSA) is 70.6 Å². The number of aliphatic imine (C=N–C) groups is 1. The molecule has 0 aromatic heterocycles. The van der Waals surface area contributed by atoms with Crippen molar-refractivity contribution in [1.82, 2.24) is 10.6 Å². The Balaban J connectivity index is 2.09. The largest absolute Gasteiger partial charge is 0.357 e. The number of halogens is 1. The van der Waals surface area contributed by atoms with Gasteiger partial charge in [0.15, 0.2) is 15.8 Å². The van der Waals surface area contributed by atoms with E-state index in [9.17, 15) is 12.8 Å². The fourth-order valence-corrected chi connectivity index (χ4v) is 4.47. The molecule has 1 aliphatic rings. The van der Waals surface area contributed by atoms with E-state index in [4.69, 9.17) is 0 Å². The Morgan fingerprint density at radius 1 is 1.38 bits per heavy atom. The smallest absolute Gasteiger partial charge is 0.191 e. The summed E-state index contributed by atoms with van der Waals surface area (Å²) in [5.41, 5.74) is 0.156. The Morgan fingerprint density at radius 2 is 2.08 bits per heavy atom. The Morgan fingerprint density at radius 3 is 2.67 bits per heavy atom. The van der Waals surface area contributed by atoms with E-state index in [1.165, 1.54) is 6.07 Å². The van der Waals surface area contributed by atoms with Gasteiger partial charge in [0.05, 0.1) is 18.1 Å². The van der Waals surface area contributed by atoms with E-state index in [-0.39, 0.29) is 23.4 Å². The van der Waals surface area contributed by atoms with Gasteiger partial charge in [-0.3, -0.25) is 4.99 Å². The zero-order valence-corrected chi connectivity index (χ0v) is 15.3. The number of nitrogens with zero attached hydrogens (tertiary/aromatic N) is 1. The Bertz CT molecular complexity index is 702. The van der Waals surface area contributed by atoms with E-state index in [1.54, 1.807) is 12.1 Å². The number of rotatable bonds is 5. The van der Waals surface area contributed by atoms with Crippen LogP contribution in [0.1, 0.15) is 32.8 Å². The van der Waals surface area contributed by atoms with Crippen LogP contribution in [0.15, 0.2) is 29.3 Å². The van der Waals surface area contributed by atoms with Gasteiger partial charge in [-0.15, -0.1) is 0 Å². The lowest BCUT2D eigenvalue weighted by molar-refractivity contribution is 0.491. The molecule has 0 amide bonds. The molecule has 134 valence electrons. The minimum absolute atomic E-state index is 0.121. The normalized spacial score (nSPS) is 20.8. The van der Waals surface area contributed by atoms with Gasteiger partial charge >= 0.3 is 0 Å². The molecule has 0 aliphatic carbocycles. The first kappa shape index (κ1) is 18.7. The number of hydrogen-bond donors (Lipinski definition) is 2. The molecule has 1 heterocycles. The molecule has 1 fully saturated rings. The first-order valence-corrected chi connectivity index (χ1v) is 10.1. The Kier molecular flexibility index (Phi) is 5.85. The highest BCUT2D eigenvalue weighted by Crippen LogP contribution is 2.26. The SMILES string of the molecule is CCNC(=NCC(C)(C)c1ccccc1F)NC1CCS(=O)(=O)C1. The third-order valence-corrected chi connectivity index (χ3v) is 5.92. The Labute approximate surface area is 143 Å². The number of hydrogen-bond acceptors (Lipinski definition) is 3. The van der Waals surface area contributed by atoms with Crippen molar-refractivity contribution in [1.29, 1.82) is 0 Å². The lowest BCUT2D eigenvalue weighted by atomic mass is 9.84. The van der Waals surface area contributed by atoms with E-state index in [2.05, 4.69) is 15.6 Å². The molecular formula is C17H26FN3O2S. The quantitative estimate of drug-likeness (QED) is 0.625. The maximum atomic E-state index is 14.0. The Hall–Kier alpha value is -1.63. The maximum Gasteiger partial charge on any atom is 0.191 e. The molecule has 1 unspecified atom stereocenters. The number of benzene rings is 1. The third-order valence-electron chi connectivity index (χ3n) is 4.15. The second-order valence-electron chi connectivity index (χ2n) is 6.80. The summed E-state index contributed by atoms with van der Waals surface area (Å²) in [6, 6.07) is 6.59. The zero-order chi connectivity index (χ0) is 17.8. The van der Waals surface area contributed by atoms with Gasteiger partial charge < -0.3 is 10.6 Å². The lowest BCUT2D eigenvalue weighted by Gasteiger charge is -2.25. The molecular weight excluding hydrogens is 329 g/mol. The van der Waals surface area contributed by atoms with Crippen LogP contribution in [-0.2, 0) is 15.3 Å². The summed E-state index contributed by atoms with van der Waals surface area (Å²) in [6.07, 6.45) is 0.587. The lowest BCUT2D eigenvalue weighted by Crippen LogP contribution is -2.44. The van der Waals surface area contributed by atoms with Crippen LogP contribution in [0.5, 0.6) is 0 Å². The van der Waals surface area contributed by atoms with Crippen LogP contribution >= 0.6 is 0 Å². The standard InChI is InChI=1S/C17H26FN3O2S/c1-4-19-16(21-13-9-10-24(22,23)11-13)20-12-17(2,3)14-7-5-6-8-15(14)18/h5-8,13H,4,9-12H2,1-3H3,(H2,19,20,21). The van der Waals surface area contributed by atoms with Gasteiger partial charge in [0.2, 0.25) is 0 Å². The van der Waals surface area contributed by atoms with Gasteiger partial charge in [-0.1, -0.05) is 32.0 Å². The van der Waals surface area contributed by atoms with Gasteiger partial charge in [0.1, 0.15) is 5.82 Å². The minimum atomic E-state index is -2.94. The monoisotopic (exact) mass is 355 g/mol. The van der Waals surface area contributed by atoms with Crippen LogP contribution in [0.4, 0.5) is 4.39 Å². The second-order valence-corrected chi connectivity index (χ2v) is 9.03. The number of sulfone groups is 1. The van der Waals surface area contributed by atoms with Crippen molar-refractivity contribution in [2.24, 2.45) is 4.99 Å². The summed E-state index contributed by atoms with van der Waals surface area (Å²) in [4.78, 5) is 4.55. The molecule has 0 radical (unpaired) electrons. The van der Waals surface area contributed by atoms with Gasteiger partial charge in [0, 0.05) is 18.0 Å². The van der Waals surface area contributed by atoms with Crippen LogP contribution in [0.25, 0.3) is 0 Å². The molecule has 24 heavy (non-hydrogen) atoms. The summed E-state index contributed by atoms with van der Waals surface area (Å²) >= 11 is 0. The van der Waals surface area contributed by atoms with Crippen molar-refractivity contribution in [3.8, 4) is 0 Å². The number of guanidine groups is 1. The molecule has 2 N–H and O–H groups in total. The van der Waals surface area contributed by atoms with Crippen molar-refractivity contribution in [2.75, 3.05) is 24.6 Å². The fourth-order valence-electron chi connectivity index (χ4n) is 2.79. The molecule has 1 saturated heterocycles. The second kappa shape index (κ2) is 7.51. The number of nitrogens with one attached hydrogen (secondary N) is 2. The van der Waals surface area contributed by atoms with Gasteiger partial charge in [-0.05, 0) is 25.0 Å². The predicted octanol–water partition coefficient (Wildman–Crippen LogP) is 1.85. The molecule has 5 nitrogen and oxygen atoms in total. The molecule has 0 saturated carbocycles.